The molecule has 0 aromatic heterocycles. The van der Waals surface area contributed by atoms with Crippen LogP contribution in [0.4, 0.5) is 0 Å². The molecule has 3 atom stereocenters. The lowest BCUT2D eigenvalue weighted by Gasteiger charge is -2.40. The first-order valence-electron chi connectivity index (χ1n) is 15.3. The molecule has 0 bridgehead atoms. The number of rotatable bonds is 9. The number of ketones is 2. The first kappa shape index (κ1) is 28.6. The van der Waals surface area contributed by atoms with Crippen LogP contribution in [0.3, 0.4) is 0 Å². The first-order chi connectivity index (χ1) is 20.5. The van der Waals surface area contributed by atoms with Crippen molar-refractivity contribution >= 4 is 34.7 Å². The van der Waals surface area contributed by atoms with Gasteiger partial charge in [0, 0.05) is 23.3 Å². The Kier molecular flexibility index (Phi) is 8.15. The average molecular weight is 576 g/mol. The molecule has 1 saturated carbocycles. The predicted octanol–water partition coefficient (Wildman–Crippen LogP) is 7.20. The zero-order valence-corrected chi connectivity index (χ0v) is 25.6. The Hall–Kier alpha value is -3.55. The van der Waals surface area contributed by atoms with Crippen LogP contribution in [0.25, 0.3) is 0 Å². The van der Waals surface area contributed by atoms with Crippen LogP contribution in [-0.2, 0) is 11.2 Å². The summed E-state index contributed by atoms with van der Waals surface area (Å²) in [5.41, 5.74) is 1.40. The van der Waals surface area contributed by atoms with E-state index in [1.807, 2.05) is 18.2 Å². The molecule has 0 spiro atoms. The molecule has 4 aromatic carbocycles. The molecule has 0 heterocycles. The van der Waals surface area contributed by atoms with E-state index in [1.54, 1.807) is 7.11 Å². The summed E-state index contributed by atoms with van der Waals surface area (Å²) in [5, 5.41) is 4.02. The molecule has 42 heavy (non-hydrogen) atoms. The van der Waals surface area contributed by atoms with E-state index < -0.39 is 12.7 Å². The molecular formula is C38H40O3P+. The highest BCUT2D eigenvalue weighted by atomic mass is 31.2. The van der Waals surface area contributed by atoms with Gasteiger partial charge in [-0.05, 0) is 98.2 Å². The monoisotopic (exact) mass is 575 g/mol. The van der Waals surface area contributed by atoms with E-state index in [0.717, 1.165) is 55.1 Å². The number of ether oxygens (including phenoxy) is 1. The van der Waals surface area contributed by atoms with Crippen molar-refractivity contribution in [2.45, 2.75) is 45.4 Å². The van der Waals surface area contributed by atoms with Crippen molar-refractivity contribution in [2.75, 3.05) is 13.3 Å². The summed E-state index contributed by atoms with van der Waals surface area (Å²) in [6.45, 7) is 2.18. The topological polar surface area (TPSA) is 43.4 Å². The number of methoxy groups -OCH3 is 1. The Balaban J connectivity index is 1.41. The third-order valence-corrected chi connectivity index (χ3v) is 14.6. The lowest BCUT2D eigenvalue weighted by molar-refractivity contribution is -0.128. The molecule has 0 aliphatic heterocycles. The van der Waals surface area contributed by atoms with E-state index in [4.69, 9.17) is 4.74 Å². The highest BCUT2D eigenvalue weighted by Crippen LogP contribution is 2.60. The largest absolute Gasteiger partial charge is 0.497 e. The molecule has 6 rings (SSSR count). The van der Waals surface area contributed by atoms with Crippen molar-refractivity contribution in [1.82, 2.24) is 0 Å². The van der Waals surface area contributed by atoms with Crippen molar-refractivity contribution < 1.29 is 14.3 Å². The van der Waals surface area contributed by atoms with E-state index >= 15 is 0 Å². The molecule has 214 valence electrons. The standard InChI is InChI=1S/C38H40O3P/c1-3-38(35(23-24-36(38)39)34-21-19-28-27-29(41-2)20-22-33(28)37(34)40)25-26-42(30-13-7-4-8-14-30,31-15-9-5-10-16-31)32-17-11-6-12-18-32/h4-18,20,22,27,34-35H,3,19,21,23-26H2,1-2H3/q+1/t34?,35-,38-/m0/s1. The summed E-state index contributed by atoms with van der Waals surface area (Å²) in [6.07, 6.45) is 5.49. The minimum Gasteiger partial charge on any atom is -0.497 e. The van der Waals surface area contributed by atoms with Gasteiger partial charge in [-0.25, -0.2) is 0 Å². The molecule has 0 radical (unpaired) electrons. The maximum atomic E-state index is 14.0. The molecular weight excluding hydrogens is 535 g/mol. The van der Waals surface area contributed by atoms with Crippen LogP contribution in [0.2, 0.25) is 0 Å². The Morgan fingerprint density at radius 3 is 1.86 bits per heavy atom. The zero-order valence-electron chi connectivity index (χ0n) is 24.7. The van der Waals surface area contributed by atoms with E-state index in [0.29, 0.717) is 12.2 Å². The van der Waals surface area contributed by atoms with Gasteiger partial charge < -0.3 is 4.74 Å². The lowest BCUT2D eigenvalue weighted by atomic mass is 9.63. The minimum atomic E-state index is -2.08. The average Bonchev–Trinajstić information content (AvgIpc) is 3.38. The van der Waals surface area contributed by atoms with E-state index in [2.05, 4.69) is 97.9 Å². The smallest absolute Gasteiger partial charge is 0.166 e. The molecule has 1 unspecified atom stereocenters. The molecule has 2 aliphatic rings. The van der Waals surface area contributed by atoms with Gasteiger partial charge in [0.2, 0.25) is 0 Å². The number of carbonyl (C=O) groups is 2. The maximum absolute atomic E-state index is 14.0. The number of Topliss-reactive ketones (excluding diaryl/α,β-unsaturated/α-hetero) is 2. The van der Waals surface area contributed by atoms with Gasteiger partial charge in [0.25, 0.3) is 0 Å². The van der Waals surface area contributed by atoms with Crippen molar-refractivity contribution in [1.29, 1.82) is 0 Å². The second kappa shape index (κ2) is 12.0. The summed E-state index contributed by atoms with van der Waals surface area (Å²) < 4.78 is 5.43. The second-order valence-electron chi connectivity index (χ2n) is 11.9. The molecule has 3 nitrogen and oxygen atoms in total. The van der Waals surface area contributed by atoms with Crippen molar-refractivity contribution in [3.63, 3.8) is 0 Å². The minimum absolute atomic E-state index is 0.0713. The predicted molar refractivity (Wildman–Crippen MR) is 174 cm³/mol. The van der Waals surface area contributed by atoms with Crippen LogP contribution in [-0.4, -0.2) is 24.8 Å². The van der Waals surface area contributed by atoms with Crippen molar-refractivity contribution in [2.24, 2.45) is 17.3 Å². The number of fused-ring (bicyclic) bond motifs is 1. The fourth-order valence-corrected chi connectivity index (χ4v) is 12.4. The normalized spacial score (nSPS) is 22.1. The molecule has 1 fully saturated rings. The lowest BCUT2D eigenvalue weighted by Crippen LogP contribution is -2.43. The van der Waals surface area contributed by atoms with E-state index in [1.165, 1.54) is 15.9 Å². The molecule has 0 saturated heterocycles. The summed E-state index contributed by atoms with van der Waals surface area (Å²) in [5.74, 6) is 1.32. The quantitative estimate of drug-likeness (QED) is 0.198. The van der Waals surface area contributed by atoms with Gasteiger partial charge in [-0.3, -0.25) is 9.59 Å². The van der Waals surface area contributed by atoms with Gasteiger partial charge in [0.05, 0.1) is 13.3 Å². The molecule has 4 heteroatoms. The summed E-state index contributed by atoms with van der Waals surface area (Å²) in [6, 6.07) is 38.6. The van der Waals surface area contributed by atoms with Crippen LogP contribution >= 0.6 is 7.26 Å². The second-order valence-corrected chi connectivity index (χ2v) is 15.5. The number of aryl methyl sites for hydroxylation is 1. The van der Waals surface area contributed by atoms with E-state index in [9.17, 15) is 9.59 Å². The number of hydrogen-bond donors (Lipinski definition) is 0. The molecule has 0 amide bonds. The highest BCUT2D eigenvalue weighted by molar-refractivity contribution is 7.95. The summed E-state index contributed by atoms with van der Waals surface area (Å²) in [4.78, 5) is 28.1. The molecule has 0 N–H and O–H groups in total. The highest BCUT2D eigenvalue weighted by Gasteiger charge is 2.56. The van der Waals surface area contributed by atoms with Gasteiger partial charge in [-0.2, -0.15) is 0 Å². The van der Waals surface area contributed by atoms with E-state index in [-0.39, 0.29) is 17.6 Å². The number of carbonyl (C=O) groups excluding carboxylic acids is 2. The van der Waals surface area contributed by atoms with Crippen LogP contribution in [0, 0.1) is 17.3 Å². The van der Waals surface area contributed by atoms with Crippen molar-refractivity contribution in [3.8, 4) is 5.75 Å². The summed E-state index contributed by atoms with van der Waals surface area (Å²) >= 11 is 0. The Morgan fingerprint density at radius 2 is 1.33 bits per heavy atom. The maximum Gasteiger partial charge on any atom is 0.166 e. The Bertz CT molecular complexity index is 1450. The SMILES string of the molecule is CC[C@@]1(CC[P+](c2ccccc2)(c2ccccc2)c2ccccc2)C(=O)CC[C@H]1C1CCc2cc(OC)ccc2C1=O. The van der Waals surface area contributed by atoms with Crippen molar-refractivity contribution in [3.05, 3.63) is 120 Å². The van der Waals surface area contributed by atoms with Gasteiger partial charge in [-0.15, -0.1) is 0 Å². The summed E-state index contributed by atoms with van der Waals surface area (Å²) in [7, 11) is -0.419. The zero-order chi connectivity index (χ0) is 29.2. The van der Waals surface area contributed by atoms with Crippen LogP contribution < -0.4 is 20.7 Å². The Morgan fingerprint density at radius 1 is 0.762 bits per heavy atom. The Labute approximate surface area is 250 Å². The third-order valence-electron chi connectivity index (χ3n) is 10.2. The van der Waals surface area contributed by atoms with Crippen LogP contribution in [0.15, 0.2) is 109 Å². The number of benzene rings is 4. The molecule has 4 aromatic rings. The first-order valence-corrected chi connectivity index (χ1v) is 17.3. The number of hydrogen-bond acceptors (Lipinski definition) is 3. The van der Waals surface area contributed by atoms with Gasteiger partial charge >= 0.3 is 0 Å². The fourth-order valence-electron chi connectivity index (χ4n) is 7.99. The third kappa shape index (κ3) is 4.82. The van der Waals surface area contributed by atoms with Gasteiger partial charge in [0.15, 0.2) is 5.78 Å². The molecule has 2 aliphatic carbocycles. The fraction of sp³-hybridized carbons (Fsp3) is 0.316. The van der Waals surface area contributed by atoms with Gasteiger partial charge in [0.1, 0.15) is 34.7 Å². The van der Waals surface area contributed by atoms with Crippen LogP contribution in [0.5, 0.6) is 5.75 Å². The van der Waals surface area contributed by atoms with Gasteiger partial charge in [-0.1, -0.05) is 61.5 Å². The van der Waals surface area contributed by atoms with Crippen LogP contribution in [0.1, 0.15) is 54.9 Å².